The second kappa shape index (κ2) is 8.40. The Hall–Kier alpha value is -2.59. The first-order valence-corrected chi connectivity index (χ1v) is 9.48. The first-order valence-electron chi connectivity index (χ1n) is 9.48. The molecule has 0 atom stereocenters. The lowest BCUT2D eigenvalue weighted by molar-refractivity contribution is 0.271. The second-order valence-electron chi connectivity index (χ2n) is 6.93. The molecule has 2 aromatic carbocycles. The molecule has 4 heteroatoms. The van der Waals surface area contributed by atoms with Crippen molar-refractivity contribution in [1.29, 1.82) is 0 Å². The summed E-state index contributed by atoms with van der Waals surface area (Å²) in [6.07, 6.45) is 0. The number of nitrogens with zero attached hydrogens (tertiary/aromatic N) is 1. The molecule has 0 aliphatic heterocycles. The minimum Gasteiger partial charge on any atom is -0.494 e. The molecule has 0 fully saturated rings. The molecule has 1 heterocycles. The van der Waals surface area contributed by atoms with E-state index in [9.17, 15) is 4.79 Å². The van der Waals surface area contributed by atoms with Crippen LogP contribution in [0.1, 0.15) is 36.1 Å². The lowest BCUT2D eigenvalue weighted by atomic mass is 10.0. The molecule has 0 saturated heterocycles. The molecule has 3 rings (SSSR count). The van der Waals surface area contributed by atoms with E-state index in [1.165, 1.54) is 11.1 Å². The molecule has 0 aliphatic rings. The zero-order valence-corrected chi connectivity index (χ0v) is 16.5. The number of fused-ring (bicyclic) bond motifs is 1. The summed E-state index contributed by atoms with van der Waals surface area (Å²) < 4.78 is 11.0. The van der Waals surface area contributed by atoms with Gasteiger partial charge in [0.15, 0.2) is 0 Å². The maximum atomic E-state index is 12.1. The van der Waals surface area contributed by atoms with Crippen molar-refractivity contribution in [3.8, 4) is 5.75 Å². The standard InChI is InChI=1S/C23H27NO3/c1-5-24(14-18-7-9-20(10-8-18)26-6-2)15-19-13-22(25)27-23-17(4)11-16(3)12-21(19)23/h7-13H,5-6,14-15H2,1-4H3. The van der Waals surface area contributed by atoms with Crippen LogP contribution in [0, 0.1) is 13.8 Å². The highest BCUT2D eigenvalue weighted by Crippen LogP contribution is 2.24. The Bertz CT molecular complexity index is 973. The molecular formula is C23H27NO3. The van der Waals surface area contributed by atoms with E-state index in [2.05, 4.69) is 36.9 Å². The van der Waals surface area contributed by atoms with Gasteiger partial charge < -0.3 is 9.15 Å². The second-order valence-corrected chi connectivity index (χ2v) is 6.93. The Labute approximate surface area is 160 Å². The van der Waals surface area contributed by atoms with Gasteiger partial charge in [-0.15, -0.1) is 0 Å². The summed E-state index contributed by atoms with van der Waals surface area (Å²) >= 11 is 0. The van der Waals surface area contributed by atoms with Crippen LogP contribution in [0.4, 0.5) is 0 Å². The maximum absolute atomic E-state index is 12.1. The number of aryl methyl sites for hydroxylation is 2. The fraction of sp³-hybridized carbons (Fsp3) is 0.348. The monoisotopic (exact) mass is 365 g/mol. The summed E-state index contributed by atoms with van der Waals surface area (Å²) in [7, 11) is 0. The van der Waals surface area contributed by atoms with Crippen LogP contribution in [-0.2, 0) is 13.1 Å². The van der Waals surface area contributed by atoms with Gasteiger partial charge >= 0.3 is 5.63 Å². The number of ether oxygens (including phenoxy) is 1. The lowest BCUT2D eigenvalue weighted by Crippen LogP contribution is -2.23. The minimum atomic E-state index is -0.290. The van der Waals surface area contributed by atoms with Crippen molar-refractivity contribution in [3.05, 3.63) is 75.1 Å². The topological polar surface area (TPSA) is 42.7 Å². The normalized spacial score (nSPS) is 11.3. The smallest absolute Gasteiger partial charge is 0.336 e. The van der Waals surface area contributed by atoms with Gasteiger partial charge in [0.25, 0.3) is 0 Å². The average molecular weight is 365 g/mol. The predicted molar refractivity (Wildman–Crippen MR) is 109 cm³/mol. The summed E-state index contributed by atoms with van der Waals surface area (Å²) in [4.78, 5) is 14.4. The molecule has 0 radical (unpaired) electrons. The van der Waals surface area contributed by atoms with Crippen LogP contribution < -0.4 is 10.4 Å². The van der Waals surface area contributed by atoms with Crippen LogP contribution in [0.3, 0.4) is 0 Å². The third-order valence-corrected chi connectivity index (χ3v) is 4.74. The van der Waals surface area contributed by atoms with Gasteiger partial charge in [-0.2, -0.15) is 0 Å². The van der Waals surface area contributed by atoms with Crippen LogP contribution in [-0.4, -0.2) is 18.1 Å². The average Bonchev–Trinajstić information content (AvgIpc) is 2.64. The van der Waals surface area contributed by atoms with E-state index in [0.29, 0.717) is 18.7 Å². The lowest BCUT2D eigenvalue weighted by Gasteiger charge is -2.21. The van der Waals surface area contributed by atoms with E-state index < -0.39 is 0 Å². The van der Waals surface area contributed by atoms with E-state index in [1.807, 2.05) is 32.0 Å². The largest absolute Gasteiger partial charge is 0.494 e. The number of benzene rings is 2. The highest BCUT2D eigenvalue weighted by Gasteiger charge is 2.12. The maximum Gasteiger partial charge on any atom is 0.336 e. The van der Waals surface area contributed by atoms with Gasteiger partial charge in [0.1, 0.15) is 11.3 Å². The zero-order valence-electron chi connectivity index (χ0n) is 16.5. The Kier molecular flexibility index (Phi) is 5.97. The van der Waals surface area contributed by atoms with Crippen LogP contribution in [0.2, 0.25) is 0 Å². The first-order chi connectivity index (χ1) is 13.0. The zero-order chi connectivity index (χ0) is 19.4. The SMILES string of the molecule is CCOc1ccc(CN(CC)Cc2cc(=O)oc3c(C)cc(C)cc23)cc1. The van der Waals surface area contributed by atoms with E-state index >= 15 is 0 Å². The van der Waals surface area contributed by atoms with Crippen molar-refractivity contribution in [1.82, 2.24) is 4.90 Å². The predicted octanol–water partition coefficient (Wildman–Crippen LogP) is 4.83. The van der Waals surface area contributed by atoms with Gasteiger partial charge in [0.05, 0.1) is 6.61 Å². The van der Waals surface area contributed by atoms with Gasteiger partial charge in [-0.3, -0.25) is 4.90 Å². The first kappa shape index (κ1) is 19.2. The van der Waals surface area contributed by atoms with Gasteiger partial charge in [0.2, 0.25) is 0 Å². The number of rotatable bonds is 7. The highest BCUT2D eigenvalue weighted by atomic mass is 16.5. The summed E-state index contributed by atoms with van der Waals surface area (Å²) in [5.41, 5.74) is 4.81. The molecule has 0 unspecified atom stereocenters. The third kappa shape index (κ3) is 4.58. The van der Waals surface area contributed by atoms with Crippen LogP contribution in [0.25, 0.3) is 11.0 Å². The molecule has 0 amide bonds. The molecule has 0 spiro atoms. The van der Waals surface area contributed by atoms with Crippen molar-refractivity contribution in [2.24, 2.45) is 0 Å². The molecule has 142 valence electrons. The fourth-order valence-corrected chi connectivity index (χ4v) is 3.45. The summed E-state index contributed by atoms with van der Waals surface area (Å²) in [5.74, 6) is 0.891. The Balaban J connectivity index is 1.87. The van der Waals surface area contributed by atoms with Crippen molar-refractivity contribution >= 4 is 11.0 Å². The molecular weight excluding hydrogens is 338 g/mol. The number of hydrogen-bond donors (Lipinski definition) is 0. The van der Waals surface area contributed by atoms with E-state index in [-0.39, 0.29) is 5.63 Å². The molecule has 0 aliphatic carbocycles. The molecule has 0 bridgehead atoms. The van der Waals surface area contributed by atoms with Gasteiger partial charge in [-0.1, -0.05) is 25.1 Å². The Morgan fingerprint density at radius 1 is 1.00 bits per heavy atom. The van der Waals surface area contributed by atoms with Crippen LogP contribution in [0.15, 0.2) is 51.7 Å². The van der Waals surface area contributed by atoms with Crippen molar-refractivity contribution < 1.29 is 9.15 Å². The van der Waals surface area contributed by atoms with E-state index in [1.54, 1.807) is 6.07 Å². The molecule has 1 aromatic heterocycles. The summed E-state index contributed by atoms with van der Waals surface area (Å²) in [6, 6.07) is 14.0. The molecule has 27 heavy (non-hydrogen) atoms. The van der Waals surface area contributed by atoms with Crippen LogP contribution >= 0.6 is 0 Å². The van der Waals surface area contributed by atoms with Crippen molar-refractivity contribution in [2.75, 3.05) is 13.2 Å². The molecule has 0 N–H and O–H groups in total. The molecule has 0 saturated carbocycles. The molecule has 4 nitrogen and oxygen atoms in total. The molecule has 3 aromatic rings. The van der Waals surface area contributed by atoms with Gasteiger partial charge in [-0.05, 0) is 67.8 Å². The Morgan fingerprint density at radius 2 is 1.74 bits per heavy atom. The number of hydrogen-bond acceptors (Lipinski definition) is 4. The Morgan fingerprint density at radius 3 is 2.41 bits per heavy atom. The van der Waals surface area contributed by atoms with Crippen LogP contribution in [0.5, 0.6) is 5.75 Å². The van der Waals surface area contributed by atoms with Crippen molar-refractivity contribution in [3.63, 3.8) is 0 Å². The summed E-state index contributed by atoms with van der Waals surface area (Å²) in [5, 5.41) is 1.03. The van der Waals surface area contributed by atoms with Gasteiger partial charge in [0, 0.05) is 24.5 Å². The van der Waals surface area contributed by atoms with E-state index in [4.69, 9.17) is 9.15 Å². The van der Waals surface area contributed by atoms with Crippen molar-refractivity contribution in [2.45, 2.75) is 40.8 Å². The van der Waals surface area contributed by atoms with Gasteiger partial charge in [-0.25, -0.2) is 4.79 Å². The highest BCUT2D eigenvalue weighted by molar-refractivity contribution is 5.83. The minimum absolute atomic E-state index is 0.290. The summed E-state index contributed by atoms with van der Waals surface area (Å²) in [6.45, 7) is 11.3. The van der Waals surface area contributed by atoms with E-state index in [0.717, 1.165) is 35.4 Å². The fourth-order valence-electron chi connectivity index (χ4n) is 3.45. The third-order valence-electron chi connectivity index (χ3n) is 4.74. The quantitative estimate of drug-likeness (QED) is 0.563.